The van der Waals surface area contributed by atoms with E-state index in [-0.39, 0.29) is 0 Å². The minimum atomic E-state index is 0.616. The van der Waals surface area contributed by atoms with Crippen LogP contribution in [0.15, 0.2) is 0 Å². The number of methoxy groups -OCH3 is 2. The third-order valence-electron chi connectivity index (χ3n) is 2.20. The van der Waals surface area contributed by atoms with Crippen molar-refractivity contribution in [3.8, 4) is 0 Å². The Kier molecular flexibility index (Phi) is 7.21. The number of hydrogen-bond acceptors (Lipinski definition) is 6. The lowest BCUT2D eigenvalue weighted by atomic mass is 10.4. The van der Waals surface area contributed by atoms with Crippen molar-refractivity contribution in [2.24, 2.45) is 0 Å². The second kappa shape index (κ2) is 8.44. The summed E-state index contributed by atoms with van der Waals surface area (Å²) in [5.41, 5.74) is 0.949. The van der Waals surface area contributed by atoms with Gasteiger partial charge in [-0.1, -0.05) is 0 Å². The molecule has 0 unspecified atom stereocenters. The molecule has 0 aliphatic heterocycles. The molecule has 1 aromatic rings. The summed E-state index contributed by atoms with van der Waals surface area (Å²) in [4.78, 5) is 8.80. The fraction of sp³-hybridized carbons (Fsp3) is 0.636. The van der Waals surface area contributed by atoms with Crippen molar-refractivity contribution in [3.63, 3.8) is 0 Å². The molecule has 0 amide bonds. The summed E-state index contributed by atoms with van der Waals surface area (Å²) in [6.45, 7) is 4.65. The molecule has 1 rings (SSSR count). The number of hydrogen-bond donors (Lipinski definition) is 2. The first-order valence-electron chi connectivity index (χ1n) is 5.68. The molecule has 2 N–H and O–H groups in total. The number of rotatable bonds is 8. The monoisotopic (exact) mass is 366 g/mol. The van der Waals surface area contributed by atoms with E-state index >= 15 is 0 Å². The Morgan fingerprint density at radius 3 is 2.28 bits per heavy atom. The van der Waals surface area contributed by atoms with Crippen LogP contribution in [0.3, 0.4) is 0 Å². The fourth-order valence-electron chi connectivity index (χ4n) is 1.29. The molecule has 0 aromatic carbocycles. The lowest BCUT2D eigenvalue weighted by Gasteiger charge is -2.11. The van der Waals surface area contributed by atoms with Crippen LogP contribution in [0.2, 0.25) is 0 Å². The fourth-order valence-corrected chi connectivity index (χ4v) is 1.72. The van der Waals surface area contributed by atoms with E-state index in [1.165, 1.54) is 0 Å². The Morgan fingerprint density at radius 2 is 1.67 bits per heavy atom. The summed E-state index contributed by atoms with van der Waals surface area (Å²) in [6.07, 6.45) is 0. The van der Waals surface area contributed by atoms with Crippen LogP contribution in [0.1, 0.15) is 5.69 Å². The average Bonchev–Trinajstić information content (AvgIpc) is 2.35. The second-order valence-corrected chi connectivity index (χ2v) is 4.71. The van der Waals surface area contributed by atoms with Crippen molar-refractivity contribution >= 4 is 34.4 Å². The quantitative estimate of drug-likeness (QED) is 0.537. The number of aryl methyl sites for hydroxylation is 1. The van der Waals surface area contributed by atoms with Gasteiger partial charge in [-0.2, -0.15) is 4.98 Å². The molecule has 7 heteroatoms. The molecule has 0 bridgehead atoms. The van der Waals surface area contributed by atoms with Gasteiger partial charge < -0.3 is 20.1 Å². The van der Waals surface area contributed by atoms with Crippen molar-refractivity contribution in [2.45, 2.75) is 6.92 Å². The van der Waals surface area contributed by atoms with Gasteiger partial charge in [0.2, 0.25) is 5.95 Å². The van der Waals surface area contributed by atoms with Gasteiger partial charge in [-0.15, -0.1) is 0 Å². The van der Waals surface area contributed by atoms with Crippen molar-refractivity contribution in [1.82, 2.24) is 9.97 Å². The normalized spacial score (nSPS) is 10.4. The van der Waals surface area contributed by atoms with Gasteiger partial charge in [0.05, 0.1) is 22.5 Å². The molecule has 0 spiro atoms. The van der Waals surface area contributed by atoms with Crippen LogP contribution in [0, 0.1) is 10.5 Å². The molecule has 0 atom stereocenters. The Bertz CT molecular complexity index is 376. The third-order valence-corrected chi connectivity index (χ3v) is 3.50. The standard InChI is InChI=1S/C11H19IN4O2/c1-8-9(12)10(13-4-6-17-2)16-11(15-8)14-5-7-18-3/h4-7H2,1-3H3,(H2,13,14,15,16). The van der Waals surface area contributed by atoms with Gasteiger partial charge >= 0.3 is 0 Å². The van der Waals surface area contributed by atoms with Crippen molar-refractivity contribution < 1.29 is 9.47 Å². The first kappa shape index (κ1) is 15.4. The van der Waals surface area contributed by atoms with E-state index in [1.807, 2.05) is 6.92 Å². The molecule has 0 fully saturated rings. The molecule has 0 saturated carbocycles. The van der Waals surface area contributed by atoms with Crippen LogP contribution >= 0.6 is 22.6 Å². The Labute approximate surface area is 121 Å². The maximum Gasteiger partial charge on any atom is 0.225 e. The van der Waals surface area contributed by atoms with Crippen LogP contribution < -0.4 is 10.6 Å². The molecule has 0 radical (unpaired) electrons. The smallest absolute Gasteiger partial charge is 0.225 e. The molecule has 0 aliphatic carbocycles. The molecule has 1 aromatic heterocycles. The minimum absolute atomic E-state index is 0.616. The Balaban J connectivity index is 2.69. The summed E-state index contributed by atoms with van der Waals surface area (Å²) < 4.78 is 11.0. The highest BCUT2D eigenvalue weighted by molar-refractivity contribution is 14.1. The first-order valence-corrected chi connectivity index (χ1v) is 6.76. The van der Waals surface area contributed by atoms with Crippen LogP contribution in [-0.4, -0.2) is 50.5 Å². The predicted octanol–water partition coefficient (Wildman–Crippen LogP) is 1.51. The van der Waals surface area contributed by atoms with Gasteiger partial charge in [0.15, 0.2) is 0 Å². The molecule has 0 saturated heterocycles. The minimum Gasteiger partial charge on any atom is -0.383 e. The van der Waals surface area contributed by atoms with E-state index in [0.717, 1.165) is 21.6 Å². The zero-order valence-corrected chi connectivity index (χ0v) is 13.1. The van der Waals surface area contributed by atoms with Gasteiger partial charge in [0, 0.05) is 27.3 Å². The lowest BCUT2D eigenvalue weighted by Crippen LogP contribution is -2.15. The number of ether oxygens (including phenoxy) is 2. The third kappa shape index (κ3) is 4.91. The summed E-state index contributed by atoms with van der Waals surface area (Å²) in [6, 6.07) is 0. The molecule has 6 nitrogen and oxygen atoms in total. The van der Waals surface area contributed by atoms with Crippen molar-refractivity contribution in [2.75, 3.05) is 51.2 Å². The van der Waals surface area contributed by atoms with Crippen LogP contribution in [0.5, 0.6) is 0 Å². The molecule has 18 heavy (non-hydrogen) atoms. The summed E-state index contributed by atoms with van der Waals surface area (Å²) in [7, 11) is 3.34. The number of nitrogens with zero attached hydrogens (tertiary/aromatic N) is 2. The van der Waals surface area contributed by atoms with E-state index in [9.17, 15) is 0 Å². The largest absolute Gasteiger partial charge is 0.383 e. The van der Waals surface area contributed by atoms with Crippen LogP contribution in [-0.2, 0) is 9.47 Å². The zero-order valence-electron chi connectivity index (χ0n) is 10.9. The Hall–Kier alpha value is -0.670. The summed E-state index contributed by atoms with van der Waals surface area (Å²) in [5.74, 6) is 1.45. The SMILES string of the molecule is COCCNc1nc(C)c(I)c(NCCOC)n1. The number of aromatic nitrogens is 2. The van der Waals surface area contributed by atoms with E-state index < -0.39 is 0 Å². The second-order valence-electron chi connectivity index (χ2n) is 3.63. The van der Waals surface area contributed by atoms with Crippen molar-refractivity contribution in [3.05, 3.63) is 9.26 Å². The number of nitrogens with one attached hydrogen (secondary N) is 2. The molecule has 0 aliphatic rings. The van der Waals surface area contributed by atoms with E-state index in [4.69, 9.17) is 9.47 Å². The van der Waals surface area contributed by atoms with Gasteiger partial charge in [0.25, 0.3) is 0 Å². The molecular weight excluding hydrogens is 347 g/mol. The van der Waals surface area contributed by atoms with Crippen LogP contribution in [0.4, 0.5) is 11.8 Å². The molecular formula is C11H19IN4O2. The number of anilines is 2. The maximum atomic E-state index is 5.00. The Morgan fingerprint density at radius 1 is 1.06 bits per heavy atom. The maximum absolute atomic E-state index is 5.00. The van der Waals surface area contributed by atoms with E-state index in [1.54, 1.807) is 14.2 Å². The number of halogens is 1. The summed E-state index contributed by atoms with van der Waals surface area (Å²) >= 11 is 2.24. The highest BCUT2D eigenvalue weighted by Gasteiger charge is 2.08. The zero-order chi connectivity index (χ0) is 13.4. The van der Waals surface area contributed by atoms with Gasteiger partial charge in [0.1, 0.15) is 5.82 Å². The van der Waals surface area contributed by atoms with Crippen LogP contribution in [0.25, 0.3) is 0 Å². The summed E-state index contributed by atoms with van der Waals surface area (Å²) in [5, 5.41) is 6.35. The van der Waals surface area contributed by atoms with Gasteiger partial charge in [-0.25, -0.2) is 4.98 Å². The predicted molar refractivity (Wildman–Crippen MR) is 80.2 cm³/mol. The molecule has 102 valence electrons. The van der Waals surface area contributed by atoms with Crippen molar-refractivity contribution in [1.29, 1.82) is 0 Å². The highest BCUT2D eigenvalue weighted by Crippen LogP contribution is 2.19. The van der Waals surface area contributed by atoms with E-state index in [0.29, 0.717) is 25.7 Å². The first-order chi connectivity index (χ1) is 8.69. The topological polar surface area (TPSA) is 68.3 Å². The lowest BCUT2D eigenvalue weighted by molar-refractivity contribution is 0.210. The highest BCUT2D eigenvalue weighted by atomic mass is 127. The average molecular weight is 366 g/mol. The van der Waals surface area contributed by atoms with Gasteiger partial charge in [-0.05, 0) is 29.5 Å². The molecule has 1 heterocycles. The van der Waals surface area contributed by atoms with Gasteiger partial charge in [-0.3, -0.25) is 0 Å². The van der Waals surface area contributed by atoms with E-state index in [2.05, 4.69) is 43.2 Å².